The van der Waals surface area contributed by atoms with Crippen molar-refractivity contribution < 1.29 is 13.2 Å². The number of allylic oxidation sites excluding steroid dienone is 3. The van der Waals surface area contributed by atoms with E-state index in [4.69, 9.17) is 11.5 Å². The summed E-state index contributed by atoms with van der Waals surface area (Å²) < 4.78 is 39.6. The zero-order valence-electron chi connectivity index (χ0n) is 15.3. The Hall–Kier alpha value is -2.80. The van der Waals surface area contributed by atoms with Gasteiger partial charge in [-0.15, -0.1) is 0 Å². The van der Waals surface area contributed by atoms with Gasteiger partial charge in [0, 0.05) is 40.8 Å². The van der Waals surface area contributed by atoms with Crippen LogP contribution in [0.3, 0.4) is 0 Å². The molecule has 1 aromatic carbocycles. The average Bonchev–Trinajstić information content (AvgIpc) is 2.72. The molecule has 2 aromatic rings. The lowest BCUT2D eigenvalue weighted by atomic mass is 9.91. The van der Waals surface area contributed by atoms with Crippen LogP contribution in [-0.4, -0.2) is 18.1 Å². The Morgan fingerprint density at radius 3 is 2.36 bits per heavy atom. The first-order valence-electron chi connectivity index (χ1n) is 9.12. The highest BCUT2D eigenvalue weighted by molar-refractivity contribution is 5.94. The van der Waals surface area contributed by atoms with Gasteiger partial charge in [-0.3, -0.25) is 4.98 Å². The van der Waals surface area contributed by atoms with Crippen molar-refractivity contribution in [1.29, 1.82) is 0 Å². The first kappa shape index (κ1) is 19.9. The molecule has 5 N–H and O–H groups in total. The van der Waals surface area contributed by atoms with Crippen molar-refractivity contribution in [3.63, 3.8) is 0 Å². The second-order valence-electron chi connectivity index (χ2n) is 6.81. The van der Waals surface area contributed by atoms with E-state index in [2.05, 4.69) is 10.3 Å². The lowest BCUT2D eigenvalue weighted by Gasteiger charge is -2.23. The van der Waals surface area contributed by atoms with Gasteiger partial charge in [-0.2, -0.15) is 13.2 Å². The molecule has 0 radical (unpaired) electrons. The van der Waals surface area contributed by atoms with E-state index in [1.807, 2.05) is 0 Å². The fraction of sp³-hybridized carbons (Fsp3) is 0.286. The summed E-state index contributed by atoms with van der Waals surface area (Å²) in [5.41, 5.74) is 14.5. The molecule has 28 heavy (non-hydrogen) atoms. The van der Waals surface area contributed by atoms with E-state index in [0.717, 1.165) is 38.1 Å². The first-order chi connectivity index (χ1) is 13.4. The Bertz CT molecular complexity index is 867. The lowest BCUT2D eigenvalue weighted by Crippen LogP contribution is -2.30. The second kappa shape index (κ2) is 8.48. The third-order valence-corrected chi connectivity index (χ3v) is 4.90. The third kappa shape index (κ3) is 4.72. The fourth-order valence-electron chi connectivity index (χ4n) is 3.31. The second-order valence-corrected chi connectivity index (χ2v) is 6.81. The number of aromatic nitrogens is 1. The monoisotopic (exact) mass is 388 g/mol. The summed E-state index contributed by atoms with van der Waals surface area (Å²) in [4.78, 5) is 3.97. The van der Waals surface area contributed by atoms with Gasteiger partial charge < -0.3 is 16.8 Å². The van der Waals surface area contributed by atoms with E-state index in [1.165, 1.54) is 6.07 Å². The Balaban J connectivity index is 2.10. The highest BCUT2D eigenvalue weighted by Crippen LogP contribution is 2.33. The maximum atomic E-state index is 13.2. The molecule has 1 fully saturated rings. The highest BCUT2D eigenvalue weighted by atomic mass is 19.4. The summed E-state index contributed by atoms with van der Waals surface area (Å²) >= 11 is 0. The molecule has 1 aliphatic rings. The summed E-state index contributed by atoms with van der Waals surface area (Å²) in [5, 5.41) is 3.28. The summed E-state index contributed by atoms with van der Waals surface area (Å²) in [5.74, 6) is 0.173. The van der Waals surface area contributed by atoms with Crippen LogP contribution in [0.2, 0.25) is 0 Å². The Kier molecular flexibility index (Phi) is 6.04. The molecule has 1 aliphatic heterocycles. The number of hydrogen-bond donors (Lipinski definition) is 3. The smallest absolute Gasteiger partial charge is 0.402 e. The number of hydrogen-bond acceptors (Lipinski definition) is 4. The van der Waals surface area contributed by atoms with Crippen LogP contribution in [-0.2, 0) is 6.18 Å². The van der Waals surface area contributed by atoms with Crippen molar-refractivity contribution >= 4 is 11.3 Å². The van der Waals surface area contributed by atoms with Gasteiger partial charge in [0.1, 0.15) is 0 Å². The maximum Gasteiger partial charge on any atom is 0.416 e. The molecule has 3 rings (SSSR count). The molecule has 0 unspecified atom stereocenters. The van der Waals surface area contributed by atoms with Crippen LogP contribution in [0.4, 0.5) is 13.2 Å². The topological polar surface area (TPSA) is 77.0 Å². The molecule has 4 nitrogen and oxygen atoms in total. The van der Waals surface area contributed by atoms with Crippen LogP contribution in [0.1, 0.15) is 29.5 Å². The van der Waals surface area contributed by atoms with Gasteiger partial charge >= 0.3 is 6.18 Å². The summed E-state index contributed by atoms with van der Waals surface area (Å²) in [6.45, 7) is 1.73. The predicted octanol–water partition coefficient (Wildman–Crippen LogP) is 3.77. The van der Waals surface area contributed by atoms with Crippen LogP contribution in [0.15, 0.2) is 60.6 Å². The van der Waals surface area contributed by atoms with Gasteiger partial charge in [0.05, 0.1) is 5.56 Å². The minimum atomic E-state index is -4.43. The average molecular weight is 388 g/mol. The lowest BCUT2D eigenvalue weighted by molar-refractivity contribution is -0.137. The number of alkyl halides is 3. The Morgan fingerprint density at radius 2 is 1.71 bits per heavy atom. The van der Waals surface area contributed by atoms with E-state index >= 15 is 0 Å². The van der Waals surface area contributed by atoms with Crippen molar-refractivity contribution in [1.82, 2.24) is 10.3 Å². The summed E-state index contributed by atoms with van der Waals surface area (Å²) in [6.07, 6.45) is 2.23. The van der Waals surface area contributed by atoms with E-state index in [9.17, 15) is 13.2 Å². The molecule has 2 heterocycles. The van der Waals surface area contributed by atoms with E-state index in [1.54, 1.807) is 36.7 Å². The van der Waals surface area contributed by atoms with Gasteiger partial charge in [-0.25, -0.2) is 0 Å². The number of piperidine rings is 1. The number of nitrogens with one attached hydrogen (secondary N) is 1. The van der Waals surface area contributed by atoms with Gasteiger partial charge in [0.2, 0.25) is 0 Å². The molecule has 0 spiro atoms. The van der Waals surface area contributed by atoms with Gasteiger partial charge in [-0.1, -0.05) is 12.1 Å². The molecule has 1 saturated heterocycles. The molecule has 1 aromatic heterocycles. The number of rotatable bonds is 4. The maximum absolute atomic E-state index is 13.2. The minimum absolute atomic E-state index is 0.173. The van der Waals surface area contributed by atoms with E-state index in [-0.39, 0.29) is 5.92 Å². The zero-order chi connectivity index (χ0) is 20.1. The number of benzene rings is 1. The normalized spacial score (nSPS) is 17.3. The molecule has 0 bridgehead atoms. The molecule has 7 heteroatoms. The summed E-state index contributed by atoms with van der Waals surface area (Å²) in [6, 6.07) is 8.59. The molecule has 0 aliphatic carbocycles. The molecular formula is C21H23F3N4. The number of nitrogens with zero attached hydrogens (tertiary/aromatic N) is 1. The molecule has 148 valence electrons. The van der Waals surface area contributed by atoms with Crippen molar-refractivity contribution in [3.8, 4) is 0 Å². The molecule has 0 atom stereocenters. The van der Waals surface area contributed by atoms with E-state index in [0.29, 0.717) is 28.1 Å². The minimum Gasteiger partial charge on any atom is -0.402 e. The molecule has 0 amide bonds. The quantitative estimate of drug-likeness (QED) is 0.697. The van der Waals surface area contributed by atoms with Gasteiger partial charge in [0.25, 0.3) is 0 Å². The van der Waals surface area contributed by atoms with E-state index < -0.39 is 11.7 Å². The molecule has 0 saturated carbocycles. The highest BCUT2D eigenvalue weighted by Gasteiger charge is 2.30. The first-order valence-corrected chi connectivity index (χ1v) is 9.12. The van der Waals surface area contributed by atoms with Crippen LogP contribution in [0.25, 0.3) is 11.3 Å². The van der Waals surface area contributed by atoms with Crippen LogP contribution in [0, 0.1) is 5.92 Å². The number of pyridine rings is 1. The third-order valence-electron chi connectivity index (χ3n) is 4.90. The number of nitrogens with two attached hydrogens (primary N) is 2. The molecular weight excluding hydrogens is 365 g/mol. The Labute approximate surface area is 162 Å². The SMILES string of the molecule is N/C(=C\C(=C(/N)c1ccncc1)c1cccc(C(F)(F)F)c1)C1CCNCC1. The van der Waals surface area contributed by atoms with Crippen LogP contribution < -0.4 is 16.8 Å². The predicted molar refractivity (Wildman–Crippen MR) is 105 cm³/mol. The van der Waals surface area contributed by atoms with Crippen molar-refractivity contribution in [2.45, 2.75) is 19.0 Å². The fourth-order valence-corrected chi connectivity index (χ4v) is 3.31. The van der Waals surface area contributed by atoms with Crippen LogP contribution in [0.5, 0.6) is 0 Å². The zero-order valence-corrected chi connectivity index (χ0v) is 15.3. The van der Waals surface area contributed by atoms with Gasteiger partial charge in [0.15, 0.2) is 0 Å². The van der Waals surface area contributed by atoms with Crippen LogP contribution >= 0.6 is 0 Å². The summed E-state index contributed by atoms with van der Waals surface area (Å²) in [7, 11) is 0. The van der Waals surface area contributed by atoms with Crippen molar-refractivity contribution in [2.75, 3.05) is 13.1 Å². The standard InChI is InChI=1S/C21H23F3N4/c22-21(23,24)17-3-1-2-16(12-17)18(20(26)15-6-10-28-11-7-15)13-19(25)14-4-8-27-9-5-14/h1-3,6-7,10-14,27H,4-5,8-9,25-26H2/b19-13-,20-18+. The van der Waals surface area contributed by atoms with Crippen molar-refractivity contribution in [2.24, 2.45) is 17.4 Å². The largest absolute Gasteiger partial charge is 0.416 e. The number of halogens is 3. The van der Waals surface area contributed by atoms with Gasteiger partial charge in [-0.05, 0) is 61.8 Å². The Morgan fingerprint density at radius 1 is 1.04 bits per heavy atom. The van der Waals surface area contributed by atoms with Crippen molar-refractivity contribution in [3.05, 3.63) is 77.3 Å².